The summed E-state index contributed by atoms with van der Waals surface area (Å²) in [4.78, 5) is 0. The van der Waals surface area contributed by atoms with Crippen LogP contribution in [0.15, 0.2) is 0 Å². The van der Waals surface area contributed by atoms with Crippen LogP contribution in [0, 0.1) is 10.7 Å². The summed E-state index contributed by atoms with van der Waals surface area (Å²) < 4.78 is 7.66. The molecule has 0 radical (unpaired) electrons. The molecule has 1 aromatic rings. The van der Waals surface area contributed by atoms with Gasteiger partial charge in [-0.1, -0.05) is 24.2 Å². The molecule has 0 atom stereocenters. The van der Waals surface area contributed by atoms with Crippen molar-refractivity contribution in [3.8, 4) is 0 Å². The van der Waals surface area contributed by atoms with Gasteiger partial charge in [-0.3, -0.25) is 0 Å². The van der Waals surface area contributed by atoms with Crippen LogP contribution in [-0.4, -0.2) is 33.4 Å². The van der Waals surface area contributed by atoms with E-state index in [-0.39, 0.29) is 0 Å². The quantitative estimate of drug-likeness (QED) is 0.577. The predicted molar refractivity (Wildman–Crippen MR) is 55.5 cm³/mol. The zero-order chi connectivity index (χ0) is 10.4. The van der Waals surface area contributed by atoms with Gasteiger partial charge in [0, 0.05) is 19.8 Å². The average molecular weight is 216 g/mol. The molecule has 1 rings (SSSR count). The molecule has 0 bridgehead atoms. The summed E-state index contributed by atoms with van der Waals surface area (Å²) in [5.41, 5.74) is 0. The summed E-state index contributed by atoms with van der Waals surface area (Å²) in [7, 11) is 0. The Labute approximate surface area is 88.4 Å². The first kappa shape index (κ1) is 11.3. The molecule has 0 aliphatic rings. The Morgan fingerprint density at radius 1 is 1.57 bits per heavy atom. The summed E-state index contributed by atoms with van der Waals surface area (Å²) in [5.74, 6) is 0.589. The molecule has 0 aliphatic carbocycles. The second kappa shape index (κ2) is 5.87. The van der Waals surface area contributed by atoms with E-state index in [2.05, 4.69) is 29.4 Å². The Balaban J connectivity index is 2.11. The largest absolute Gasteiger partial charge is 0.381 e. The molecule has 1 N–H and O–H groups in total. The first-order valence-corrected chi connectivity index (χ1v) is 5.16. The van der Waals surface area contributed by atoms with Gasteiger partial charge in [0.15, 0.2) is 0 Å². The highest BCUT2D eigenvalue weighted by molar-refractivity contribution is 7.71. The Hall–Kier alpha value is -0.750. The number of H-pyrrole nitrogens is 1. The van der Waals surface area contributed by atoms with Crippen LogP contribution >= 0.6 is 12.2 Å². The lowest BCUT2D eigenvalue weighted by Gasteiger charge is -2.06. The van der Waals surface area contributed by atoms with Crippen molar-refractivity contribution < 1.29 is 4.74 Å². The monoisotopic (exact) mass is 216 g/mol. The van der Waals surface area contributed by atoms with Crippen molar-refractivity contribution >= 4 is 12.2 Å². The van der Waals surface area contributed by atoms with Crippen LogP contribution in [0.3, 0.4) is 0 Å². The number of rotatable bonds is 6. The Morgan fingerprint density at radius 2 is 2.36 bits per heavy atom. The van der Waals surface area contributed by atoms with Gasteiger partial charge in [-0.05, 0) is 24.6 Å². The molecular formula is C8H16N4OS. The van der Waals surface area contributed by atoms with E-state index in [1.807, 2.05) is 0 Å². The molecule has 0 spiro atoms. The number of aromatic amines is 1. The molecule has 80 valence electrons. The fraction of sp³-hybridized carbons (Fsp3) is 0.875. The number of ether oxygens (including phenoxy) is 1. The molecule has 0 saturated carbocycles. The van der Waals surface area contributed by atoms with Crippen molar-refractivity contribution in [2.24, 2.45) is 5.92 Å². The summed E-state index contributed by atoms with van der Waals surface area (Å²) in [6, 6.07) is 0. The normalized spacial score (nSPS) is 11.1. The number of nitrogens with zero attached hydrogens (tertiary/aromatic N) is 3. The van der Waals surface area contributed by atoms with Crippen molar-refractivity contribution in [3.63, 3.8) is 0 Å². The van der Waals surface area contributed by atoms with Gasteiger partial charge in [0.1, 0.15) is 0 Å². The van der Waals surface area contributed by atoms with E-state index in [1.54, 1.807) is 4.68 Å². The van der Waals surface area contributed by atoms with Crippen LogP contribution in [0.4, 0.5) is 0 Å². The highest BCUT2D eigenvalue weighted by Gasteiger charge is 1.96. The number of aryl methyl sites for hydroxylation is 1. The molecule has 1 aromatic heterocycles. The summed E-state index contributed by atoms with van der Waals surface area (Å²) in [6.07, 6.45) is 0.922. The minimum atomic E-state index is 0.494. The van der Waals surface area contributed by atoms with Crippen LogP contribution < -0.4 is 0 Å². The molecule has 0 amide bonds. The maximum atomic E-state index is 5.43. The summed E-state index contributed by atoms with van der Waals surface area (Å²) in [6.45, 7) is 6.61. The molecule has 0 saturated heterocycles. The highest BCUT2D eigenvalue weighted by Crippen LogP contribution is 1.95. The SMILES string of the molecule is CC(C)COCCCn1[nH]nnc1=S. The minimum Gasteiger partial charge on any atom is -0.381 e. The number of hydrogen-bond acceptors (Lipinski definition) is 4. The van der Waals surface area contributed by atoms with Crippen LogP contribution in [0.1, 0.15) is 20.3 Å². The smallest absolute Gasteiger partial charge is 0.238 e. The molecule has 6 heteroatoms. The van der Waals surface area contributed by atoms with Gasteiger partial charge < -0.3 is 4.74 Å². The molecule has 5 nitrogen and oxygen atoms in total. The first-order valence-electron chi connectivity index (χ1n) is 4.76. The number of hydrogen-bond donors (Lipinski definition) is 1. The van der Waals surface area contributed by atoms with Crippen molar-refractivity contribution in [2.45, 2.75) is 26.8 Å². The maximum absolute atomic E-state index is 5.43. The molecule has 0 aromatic carbocycles. The number of aromatic nitrogens is 4. The van der Waals surface area contributed by atoms with E-state index in [9.17, 15) is 0 Å². The standard InChI is InChI=1S/C8H16N4OS/c1-7(2)6-13-5-3-4-12-8(14)9-10-11-12/h7H,3-6H2,1-2H3,(H,9,11,14). The third kappa shape index (κ3) is 3.97. The van der Waals surface area contributed by atoms with Gasteiger partial charge in [0.05, 0.1) is 0 Å². The lowest BCUT2D eigenvalue weighted by atomic mass is 10.2. The van der Waals surface area contributed by atoms with Crippen molar-refractivity contribution in [2.75, 3.05) is 13.2 Å². The highest BCUT2D eigenvalue weighted by atomic mass is 32.1. The minimum absolute atomic E-state index is 0.494. The predicted octanol–water partition coefficient (Wildman–Crippen LogP) is 1.40. The number of tetrazole rings is 1. The van der Waals surface area contributed by atoms with Crippen molar-refractivity contribution in [1.29, 1.82) is 0 Å². The summed E-state index contributed by atoms with van der Waals surface area (Å²) >= 11 is 4.92. The van der Waals surface area contributed by atoms with Crippen LogP contribution in [0.5, 0.6) is 0 Å². The Bertz CT molecular complexity index is 306. The molecular weight excluding hydrogens is 200 g/mol. The maximum Gasteiger partial charge on any atom is 0.238 e. The van der Waals surface area contributed by atoms with Crippen LogP contribution in [0.25, 0.3) is 0 Å². The van der Waals surface area contributed by atoms with Gasteiger partial charge in [-0.15, -0.1) is 0 Å². The average Bonchev–Trinajstić information content (AvgIpc) is 2.51. The van der Waals surface area contributed by atoms with Gasteiger partial charge in [0.25, 0.3) is 0 Å². The van der Waals surface area contributed by atoms with E-state index in [1.165, 1.54) is 0 Å². The zero-order valence-corrected chi connectivity index (χ0v) is 9.38. The second-order valence-electron chi connectivity index (χ2n) is 3.56. The van der Waals surface area contributed by atoms with Gasteiger partial charge in [0.2, 0.25) is 4.77 Å². The lowest BCUT2D eigenvalue weighted by molar-refractivity contribution is 0.104. The topological polar surface area (TPSA) is 55.7 Å². The second-order valence-corrected chi connectivity index (χ2v) is 3.92. The van der Waals surface area contributed by atoms with E-state index >= 15 is 0 Å². The third-order valence-corrected chi connectivity index (χ3v) is 1.96. The Morgan fingerprint density at radius 3 is 2.93 bits per heavy atom. The number of nitrogens with one attached hydrogen (secondary N) is 1. The van der Waals surface area contributed by atoms with Crippen LogP contribution in [0.2, 0.25) is 0 Å². The van der Waals surface area contributed by atoms with Crippen molar-refractivity contribution in [1.82, 2.24) is 20.2 Å². The van der Waals surface area contributed by atoms with E-state index < -0.39 is 0 Å². The van der Waals surface area contributed by atoms with Crippen molar-refractivity contribution in [3.05, 3.63) is 4.77 Å². The zero-order valence-electron chi connectivity index (χ0n) is 8.56. The van der Waals surface area contributed by atoms with Crippen LogP contribution in [-0.2, 0) is 11.3 Å². The third-order valence-electron chi connectivity index (χ3n) is 1.65. The first-order chi connectivity index (χ1) is 6.70. The molecule has 1 heterocycles. The Kier molecular flexibility index (Phi) is 4.75. The van der Waals surface area contributed by atoms with Gasteiger partial charge >= 0.3 is 0 Å². The fourth-order valence-corrected chi connectivity index (χ4v) is 1.18. The molecule has 0 fully saturated rings. The molecule has 0 unspecified atom stereocenters. The lowest BCUT2D eigenvalue weighted by Crippen LogP contribution is -2.07. The molecule has 14 heavy (non-hydrogen) atoms. The summed E-state index contributed by atoms with van der Waals surface area (Å²) in [5, 5.41) is 9.97. The van der Waals surface area contributed by atoms with E-state index in [4.69, 9.17) is 17.0 Å². The van der Waals surface area contributed by atoms with E-state index in [0.29, 0.717) is 10.7 Å². The van der Waals surface area contributed by atoms with Gasteiger partial charge in [-0.2, -0.15) is 5.21 Å². The van der Waals surface area contributed by atoms with Gasteiger partial charge in [-0.25, -0.2) is 4.68 Å². The van der Waals surface area contributed by atoms with E-state index in [0.717, 1.165) is 26.2 Å². The fourth-order valence-electron chi connectivity index (χ4n) is 1.01. The molecule has 0 aliphatic heterocycles.